The van der Waals surface area contributed by atoms with Crippen LogP contribution in [0.4, 0.5) is 10.5 Å². The molecule has 0 aliphatic carbocycles. The standard InChI is InChI=1S/C22H27N3O2/c1-16(2)10-12-23-22(27)24-15-17-8-9-20-19(14-17)11-13-25(20)21(26)18-6-4-3-5-7-18/h3-9,14,16H,10-13,15H2,1-2H3,(H2,23,24,27). The number of carbonyl (C=O) groups excluding carboxylic acids is 2. The first-order valence-electron chi connectivity index (χ1n) is 9.55. The summed E-state index contributed by atoms with van der Waals surface area (Å²) in [5, 5.41) is 5.77. The number of hydrogen-bond acceptors (Lipinski definition) is 2. The van der Waals surface area contributed by atoms with Gasteiger partial charge in [0.25, 0.3) is 5.91 Å². The zero-order valence-corrected chi connectivity index (χ0v) is 16.0. The number of nitrogens with zero attached hydrogens (tertiary/aromatic N) is 1. The van der Waals surface area contributed by atoms with Crippen LogP contribution in [0.25, 0.3) is 0 Å². The summed E-state index contributed by atoms with van der Waals surface area (Å²) >= 11 is 0. The maximum atomic E-state index is 12.7. The lowest BCUT2D eigenvalue weighted by atomic mass is 10.1. The summed E-state index contributed by atoms with van der Waals surface area (Å²) < 4.78 is 0. The second-order valence-corrected chi connectivity index (χ2v) is 7.33. The summed E-state index contributed by atoms with van der Waals surface area (Å²) in [7, 11) is 0. The number of carbonyl (C=O) groups is 2. The number of fused-ring (bicyclic) bond motifs is 1. The minimum atomic E-state index is -0.142. The van der Waals surface area contributed by atoms with E-state index < -0.39 is 0 Å². The predicted molar refractivity (Wildman–Crippen MR) is 108 cm³/mol. The second kappa shape index (κ2) is 8.71. The maximum Gasteiger partial charge on any atom is 0.315 e. The molecule has 0 atom stereocenters. The number of nitrogens with one attached hydrogen (secondary N) is 2. The summed E-state index contributed by atoms with van der Waals surface area (Å²) in [4.78, 5) is 26.4. The highest BCUT2D eigenvalue weighted by atomic mass is 16.2. The molecule has 3 amide bonds. The molecular formula is C22H27N3O2. The Balaban J connectivity index is 1.58. The highest BCUT2D eigenvalue weighted by Gasteiger charge is 2.25. The van der Waals surface area contributed by atoms with Crippen LogP contribution in [0.2, 0.25) is 0 Å². The zero-order valence-electron chi connectivity index (χ0n) is 16.0. The average molecular weight is 365 g/mol. The molecule has 27 heavy (non-hydrogen) atoms. The Bertz CT molecular complexity index is 802. The molecule has 5 nitrogen and oxygen atoms in total. The van der Waals surface area contributed by atoms with E-state index in [1.165, 1.54) is 0 Å². The van der Waals surface area contributed by atoms with Gasteiger partial charge in [-0.25, -0.2) is 4.79 Å². The van der Waals surface area contributed by atoms with Crippen molar-refractivity contribution in [2.75, 3.05) is 18.0 Å². The molecule has 0 aromatic heterocycles. The van der Waals surface area contributed by atoms with Crippen molar-refractivity contribution in [2.45, 2.75) is 33.2 Å². The third-order valence-electron chi connectivity index (χ3n) is 4.77. The molecule has 0 saturated heterocycles. The van der Waals surface area contributed by atoms with Gasteiger partial charge in [0.1, 0.15) is 0 Å². The van der Waals surface area contributed by atoms with Gasteiger partial charge in [0.15, 0.2) is 0 Å². The van der Waals surface area contributed by atoms with Crippen LogP contribution in [0.5, 0.6) is 0 Å². The molecule has 2 N–H and O–H groups in total. The molecule has 3 rings (SSSR count). The van der Waals surface area contributed by atoms with Crippen LogP contribution in [0.3, 0.4) is 0 Å². The van der Waals surface area contributed by atoms with Crippen LogP contribution < -0.4 is 15.5 Å². The van der Waals surface area contributed by atoms with E-state index in [2.05, 4.69) is 30.5 Å². The number of benzene rings is 2. The van der Waals surface area contributed by atoms with E-state index in [0.29, 0.717) is 31.1 Å². The lowest BCUT2D eigenvalue weighted by molar-refractivity contribution is 0.0989. The topological polar surface area (TPSA) is 61.4 Å². The molecule has 1 aliphatic rings. The quantitative estimate of drug-likeness (QED) is 0.819. The Hall–Kier alpha value is -2.82. The van der Waals surface area contributed by atoms with Gasteiger partial charge in [-0.1, -0.05) is 44.2 Å². The monoisotopic (exact) mass is 365 g/mol. The van der Waals surface area contributed by atoms with Crippen molar-refractivity contribution in [3.8, 4) is 0 Å². The molecule has 0 unspecified atom stereocenters. The zero-order chi connectivity index (χ0) is 19.2. The Morgan fingerprint density at radius 2 is 1.85 bits per heavy atom. The number of urea groups is 1. The van der Waals surface area contributed by atoms with Crippen LogP contribution in [0.15, 0.2) is 48.5 Å². The predicted octanol–water partition coefficient (Wildman–Crippen LogP) is 3.73. The van der Waals surface area contributed by atoms with E-state index in [0.717, 1.165) is 29.7 Å². The summed E-state index contributed by atoms with van der Waals surface area (Å²) in [6.07, 6.45) is 1.81. The normalized spacial score (nSPS) is 12.8. The smallest absolute Gasteiger partial charge is 0.315 e. The Morgan fingerprint density at radius 3 is 2.59 bits per heavy atom. The van der Waals surface area contributed by atoms with Gasteiger partial charge in [-0.05, 0) is 48.1 Å². The SMILES string of the molecule is CC(C)CCNC(=O)NCc1ccc2c(c1)CCN2C(=O)c1ccccc1. The fourth-order valence-corrected chi connectivity index (χ4v) is 3.23. The molecule has 0 spiro atoms. The van der Waals surface area contributed by atoms with E-state index in [-0.39, 0.29) is 11.9 Å². The summed E-state index contributed by atoms with van der Waals surface area (Å²) in [5.74, 6) is 0.605. The first kappa shape index (κ1) is 19.0. The molecule has 0 fully saturated rings. The third-order valence-corrected chi connectivity index (χ3v) is 4.77. The van der Waals surface area contributed by atoms with Crippen molar-refractivity contribution < 1.29 is 9.59 Å². The van der Waals surface area contributed by atoms with Crippen LogP contribution in [0.1, 0.15) is 41.8 Å². The molecule has 0 radical (unpaired) electrons. The van der Waals surface area contributed by atoms with Gasteiger partial charge in [-0.15, -0.1) is 0 Å². The van der Waals surface area contributed by atoms with Crippen molar-refractivity contribution in [2.24, 2.45) is 5.92 Å². The van der Waals surface area contributed by atoms with Crippen molar-refractivity contribution in [1.82, 2.24) is 10.6 Å². The van der Waals surface area contributed by atoms with E-state index in [1.807, 2.05) is 47.4 Å². The molecule has 2 aromatic rings. The van der Waals surface area contributed by atoms with Gasteiger partial charge in [0, 0.05) is 30.9 Å². The van der Waals surface area contributed by atoms with E-state index >= 15 is 0 Å². The molecule has 2 aromatic carbocycles. The fraction of sp³-hybridized carbons (Fsp3) is 0.364. The number of hydrogen-bond donors (Lipinski definition) is 2. The van der Waals surface area contributed by atoms with Gasteiger partial charge < -0.3 is 15.5 Å². The maximum absolute atomic E-state index is 12.7. The van der Waals surface area contributed by atoms with Gasteiger partial charge in [-0.2, -0.15) is 0 Å². The van der Waals surface area contributed by atoms with E-state index in [1.54, 1.807) is 0 Å². The third kappa shape index (κ3) is 4.88. The van der Waals surface area contributed by atoms with Crippen LogP contribution in [-0.4, -0.2) is 25.0 Å². The molecule has 0 saturated carbocycles. The van der Waals surface area contributed by atoms with Crippen molar-refractivity contribution in [3.05, 3.63) is 65.2 Å². The van der Waals surface area contributed by atoms with Crippen LogP contribution >= 0.6 is 0 Å². The van der Waals surface area contributed by atoms with Crippen LogP contribution in [0, 0.1) is 5.92 Å². The average Bonchev–Trinajstić information content (AvgIpc) is 3.09. The van der Waals surface area contributed by atoms with Gasteiger partial charge in [-0.3, -0.25) is 4.79 Å². The summed E-state index contributed by atoms with van der Waals surface area (Å²) in [5.41, 5.74) is 3.86. The van der Waals surface area contributed by atoms with Crippen LogP contribution in [-0.2, 0) is 13.0 Å². The lowest BCUT2D eigenvalue weighted by Crippen LogP contribution is -2.35. The van der Waals surface area contributed by atoms with Crippen molar-refractivity contribution in [1.29, 1.82) is 0 Å². The largest absolute Gasteiger partial charge is 0.338 e. The minimum Gasteiger partial charge on any atom is -0.338 e. The molecule has 1 aliphatic heterocycles. The first-order chi connectivity index (χ1) is 13.0. The van der Waals surface area contributed by atoms with Gasteiger partial charge in [0.2, 0.25) is 0 Å². The molecular weight excluding hydrogens is 338 g/mol. The van der Waals surface area contributed by atoms with Crippen molar-refractivity contribution >= 4 is 17.6 Å². The fourth-order valence-electron chi connectivity index (χ4n) is 3.23. The lowest BCUT2D eigenvalue weighted by Gasteiger charge is -2.17. The summed E-state index contributed by atoms with van der Waals surface area (Å²) in [6, 6.07) is 15.3. The van der Waals surface area contributed by atoms with Crippen molar-refractivity contribution in [3.63, 3.8) is 0 Å². The molecule has 142 valence electrons. The number of rotatable bonds is 6. The number of anilines is 1. The molecule has 1 heterocycles. The number of amides is 3. The Labute approximate surface area is 160 Å². The highest BCUT2D eigenvalue weighted by Crippen LogP contribution is 2.30. The molecule has 5 heteroatoms. The van der Waals surface area contributed by atoms with E-state index in [4.69, 9.17) is 0 Å². The Kier molecular flexibility index (Phi) is 6.12. The minimum absolute atomic E-state index is 0.0322. The Morgan fingerprint density at radius 1 is 1.07 bits per heavy atom. The van der Waals surface area contributed by atoms with Gasteiger partial charge in [0.05, 0.1) is 0 Å². The highest BCUT2D eigenvalue weighted by molar-refractivity contribution is 6.07. The molecule has 0 bridgehead atoms. The summed E-state index contributed by atoms with van der Waals surface area (Å²) in [6.45, 7) is 6.12. The van der Waals surface area contributed by atoms with Gasteiger partial charge >= 0.3 is 6.03 Å². The first-order valence-corrected chi connectivity index (χ1v) is 9.55. The van der Waals surface area contributed by atoms with E-state index in [9.17, 15) is 9.59 Å². The second-order valence-electron chi connectivity index (χ2n) is 7.33.